The predicted octanol–water partition coefficient (Wildman–Crippen LogP) is 3.52. The summed E-state index contributed by atoms with van der Waals surface area (Å²) in [6.45, 7) is 2.94. The molecule has 1 amide bonds. The van der Waals surface area contributed by atoms with Crippen LogP contribution in [0.5, 0.6) is 17.2 Å². The molecule has 0 spiro atoms. The van der Waals surface area contributed by atoms with Crippen molar-refractivity contribution in [3.63, 3.8) is 0 Å². The number of benzene rings is 2. The van der Waals surface area contributed by atoms with Crippen molar-refractivity contribution in [2.24, 2.45) is 0 Å². The quantitative estimate of drug-likeness (QED) is 0.574. The molecule has 0 aliphatic carbocycles. The zero-order valence-corrected chi connectivity index (χ0v) is 18.9. The van der Waals surface area contributed by atoms with Gasteiger partial charge in [0.2, 0.25) is 15.9 Å². The Kier molecular flexibility index (Phi) is 7.64. The van der Waals surface area contributed by atoms with Gasteiger partial charge in [-0.15, -0.1) is 0 Å². The number of methoxy groups -OCH3 is 1. The van der Waals surface area contributed by atoms with Crippen LogP contribution >= 0.6 is 11.6 Å². The number of carbonyl (C=O) groups excluding carboxylic acids is 1. The Labute approximate surface area is 186 Å². The molecule has 2 N–H and O–H groups in total. The van der Waals surface area contributed by atoms with E-state index in [1.54, 1.807) is 18.2 Å². The van der Waals surface area contributed by atoms with Crippen LogP contribution in [-0.2, 0) is 14.8 Å². The number of ether oxygens (including phenoxy) is 3. The van der Waals surface area contributed by atoms with E-state index in [0.717, 1.165) is 12.0 Å². The summed E-state index contributed by atoms with van der Waals surface area (Å²) < 4.78 is 43.9. The molecule has 2 aromatic rings. The van der Waals surface area contributed by atoms with E-state index in [2.05, 4.69) is 10.0 Å². The maximum absolute atomic E-state index is 12.6. The summed E-state index contributed by atoms with van der Waals surface area (Å²) in [6, 6.07) is 7.87. The number of fused-ring (bicyclic) bond motifs is 1. The van der Waals surface area contributed by atoms with Crippen LogP contribution in [0.4, 0.5) is 5.69 Å². The lowest BCUT2D eigenvalue weighted by molar-refractivity contribution is -0.116. The van der Waals surface area contributed by atoms with Gasteiger partial charge >= 0.3 is 0 Å². The first-order chi connectivity index (χ1) is 14.8. The molecule has 168 valence electrons. The average molecular weight is 469 g/mol. The fourth-order valence-electron chi connectivity index (χ4n) is 2.99. The zero-order valence-electron chi connectivity index (χ0n) is 17.4. The SMILES string of the molecule is COc1cc(Cl)c(C)cc1NC(=O)CCCNS(=O)(=O)c1ccc2c(c1)OCCCO2. The third-order valence-corrected chi connectivity index (χ3v) is 6.52. The summed E-state index contributed by atoms with van der Waals surface area (Å²) in [7, 11) is -2.24. The molecule has 2 aromatic carbocycles. The Morgan fingerprint density at radius 2 is 1.90 bits per heavy atom. The van der Waals surface area contributed by atoms with Gasteiger partial charge in [0.15, 0.2) is 11.5 Å². The monoisotopic (exact) mass is 468 g/mol. The number of hydrogen-bond donors (Lipinski definition) is 2. The molecule has 1 aliphatic rings. The number of nitrogens with one attached hydrogen (secondary N) is 2. The van der Waals surface area contributed by atoms with Crippen LogP contribution in [0.25, 0.3) is 0 Å². The molecular formula is C21H25ClN2O6S. The molecule has 3 rings (SSSR count). The third kappa shape index (κ3) is 6.03. The van der Waals surface area contributed by atoms with Gasteiger partial charge in [-0.1, -0.05) is 11.6 Å². The van der Waals surface area contributed by atoms with Gasteiger partial charge in [0.25, 0.3) is 0 Å². The maximum Gasteiger partial charge on any atom is 0.240 e. The van der Waals surface area contributed by atoms with Gasteiger partial charge in [0.05, 0.1) is 30.9 Å². The largest absolute Gasteiger partial charge is 0.495 e. The summed E-state index contributed by atoms with van der Waals surface area (Å²) in [5.41, 5.74) is 1.32. The highest BCUT2D eigenvalue weighted by molar-refractivity contribution is 7.89. The normalized spacial score (nSPS) is 13.4. The highest BCUT2D eigenvalue weighted by Gasteiger charge is 2.19. The van der Waals surface area contributed by atoms with Crippen LogP contribution in [0, 0.1) is 6.92 Å². The van der Waals surface area contributed by atoms with Crippen LogP contribution < -0.4 is 24.2 Å². The van der Waals surface area contributed by atoms with Crippen LogP contribution in [-0.4, -0.2) is 41.2 Å². The maximum atomic E-state index is 12.6. The molecule has 31 heavy (non-hydrogen) atoms. The second-order valence-corrected chi connectivity index (χ2v) is 9.18. The van der Waals surface area contributed by atoms with Gasteiger partial charge in [0, 0.05) is 36.5 Å². The fourth-order valence-corrected chi connectivity index (χ4v) is 4.23. The van der Waals surface area contributed by atoms with Gasteiger partial charge in [-0.3, -0.25) is 4.79 Å². The van der Waals surface area contributed by atoms with E-state index in [4.69, 9.17) is 25.8 Å². The minimum absolute atomic E-state index is 0.0857. The standard InChI is InChI=1S/C21H25ClN2O6S/c1-14-11-17(19(28-2)13-16(14)22)24-21(25)5-3-8-23-31(26,27)15-6-7-18-20(12-15)30-10-4-9-29-18/h6-7,11-13,23H,3-5,8-10H2,1-2H3,(H,24,25). The van der Waals surface area contributed by atoms with Crippen LogP contribution in [0.1, 0.15) is 24.8 Å². The van der Waals surface area contributed by atoms with Crippen molar-refractivity contribution in [2.75, 3.05) is 32.2 Å². The zero-order chi connectivity index (χ0) is 22.4. The van der Waals surface area contributed by atoms with Crippen molar-refractivity contribution >= 4 is 33.2 Å². The lowest BCUT2D eigenvalue weighted by Gasteiger charge is -2.13. The van der Waals surface area contributed by atoms with E-state index in [0.29, 0.717) is 47.6 Å². The molecule has 0 radical (unpaired) electrons. The van der Waals surface area contributed by atoms with Crippen molar-refractivity contribution in [3.05, 3.63) is 40.9 Å². The Morgan fingerprint density at radius 1 is 1.16 bits per heavy atom. The Balaban J connectivity index is 1.53. The number of amides is 1. The highest BCUT2D eigenvalue weighted by Crippen LogP contribution is 2.32. The summed E-state index contributed by atoms with van der Waals surface area (Å²) >= 11 is 6.07. The topological polar surface area (TPSA) is 103 Å². The predicted molar refractivity (Wildman–Crippen MR) is 118 cm³/mol. The molecule has 0 atom stereocenters. The molecule has 0 saturated carbocycles. The van der Waals surface area contributed by atoms with Crippen molar-refractivity contribution in [3.8, 4) is 17.2 Å². The number of halogens is 1. The molecule has 0 unspecified atom stereocenters. The number of rotatable bonds is 8. The highest BCUT2D eigenvalue weighted by atomic mass is 35.5. The average Bonchev–Trinajstić information content (AvgIpc) is 2.98. The molecule has 8 nitrogen and oxygen atoms in total. The summed E-state index contributed by atoms with van der Waals surface area (Å²) in [5, 5.41) is 3.31. The third-order valence-electron chi connectivity index (χ3n) is 4.66. The molecule has 0 fully saturated rings. The molecule has 10 heteroatoms. The van der Waals surface area contributed by atoms with Crippen molar-refractivity contribution < 1.29 is 27.4 Å². The second-order valence-electron chi connectivity index (χ2n) is 7.01. The Morgan fingerprint density at radius 3 is 2.65 bits per heavy atom. The number of hydrogen-bond acceptors (Lipinski definition) is 6. The number of sulfonamides is 1. The van der Waals surface area contributed by atoms with Crippen LogP contribution in [0.2, 0.25) is 5.02 Å². The van der Waals surface area contributed by atoms with E-state index >= 15 is 0 Å². The second kappa shape index (κ2) is 10.2. The van der Waals surface area contributed by atoms with E-state index in [1.165, 1.54) is 19.2 Å². The van der Waals surface area contributed by atoms with E-state index < -0.39 is 10.0 Å². The number of carbonyl (C=O) groups is 1. The van der Waals surface area contributed by atoms with Crippen molar-refractivity contribution in [1.82, 2.24) is 4.72 Å². The molecular weight excluding hydrogens is 444 g/mol. The first kappa shape index (κ1) is 23.2. The van der Waals surface area contributed by atoms with Gasteiger partial charge in [-0.2, -0.15) is 0 Å². The number of anilines is 1. The molecule has 1 heterocycles. The summed E-state index contributed by atoms with van der Waals surface area (Å²) in [4.78, 5) is 12.3. The Bertz CT molecular complexity index is 1060. The van der Waals surface area contributed by atoms with Crippen LogP contribution in [0.3, 0.4) is 0 Å². The van der Waals surface area contributed by atoms with E-state index in [9.17, 15) is 13.2 Å². The van der Waals surface area contributed by atoms with Gasteiger partial charge < -0.3 is 19.5 Å². The first-order valence-corrected chi connectivity index (χ1v) is 11.7. The molecule has 0 aromatic heterocycles. The van der Waals surface area contributed by atoms with Gasteiger partial charge in [-0.05, 0) is 37.1 Å². The minimum atomic E-state index is -3.74. The summed E-state index contributed by atoms with van der Waals surface area (Å²) in [5.74, 6) is 1.14. The van der Waals surface area contributed by atoms with Gasteiger partial charge in [0.1, 0.15) is 5.75 Å². The van der Waals surface area contributed by atoms with Crippen molar-refractivity contribution in [1.29, 1.82) is 0 Å². The fraction of sp³-hybridized carbons (Fsp3) is 0.381. The summed E-state index contributed by atoms with van der Waals surface area (Å²) in [6.07, 6.45) is 1.19. The molecule has 0 bridgehead atoms. The lowest BCUT2D eigenvalue weighted by atomic mass is 10.2. The smallest absolute Gasteiger partial charge is 0.240 e. The molecule has 1 aliphatic heterocycles. The van der Waals surface area contributed by atoms with Crippen molar-refractivity contribution in [2.45, 2.75) is 31.1 Å². The minimum Gasteiger partial charge on any atom is -0.495 e. The number of aryl methyl sites for hydroxylation is 1. The molecule has 0 saturated heterocycles. The lowest BCUT2D eigenvalue weighted by Crippen LogP contribution is -2.26. The van der Waals surface area contributed by atoms with Crippen LogP contribution in [0.15, 0.2) is 35.2 Å². The first-order valence-electron chi connectivity index (χ1n) is 9.83. The Hall–Kier alpha value is -2.49. The van der Waals surface area contributed by atoms with Gasteiger partial charge in [-0.25, -0.2) is 13.1 Å². The van der Waals surface area contributed by atoms with E-state index in [1.807, 2.05) is 6.92 Å². The van der Waals surface area contributed by atoms with E-state index in [-0.39, 0.29) is 23.8 Å².